The number of fused-ring (bicyclic) bond motifs is 1. The standard InChI is InChI=1S/C19H20Br2N4O2S/c20-18-16-13(8-14(26)17(16)19(21)28-18)23-15(27)11-25-6-4-24(5-7-25)10-12-2-1-3-22-9-12/h1-3,9,13H,4-8,10-11H2,(H,23,27). The highest BCUT2D eigenvalue weighted by molar-refractivity contribution is 9.12. The number of carbonyl (C=O) groups is 2. The molecule has 0 aromatic carbocycles. The molecule has 3 heterocycles. The molecule has 1 atom stereocenters. The lowest BCUT2D eigenvalue weighted by Crippen LogP contribution is -2.49. The maximum atomic E-state index is 12.6. The Morgan fingerprint density at radius 2 is 1.96 bits per heavy atom. The summed E-state index contributed by atoms with van der Waals surface area (Å²) in [5, 5.41) is 3.05. The van der Waals surface area contributed by atoms with E-state index in [1.165, 1.54) is 16.9 Å². The lowest BCUT2D eigenvalue weighted by molar-refractivity contribution is -0.123. The molecule has 0 bridgehead atoms. The first-order valence-corrected chi connectivity index (χ1v) is 11.6. The zero-order chi connectivity index (χ0) is 19.7. The minimum absolute atomic E-state index is 0.0272. The fraction of sp³-hybridized carbons (Fsp3) is 0.421. The van der Waals surface area contributed by atoms with Gasteiger partial charge in [-0.3, -0.25) is 24.4 Å². The van der Waals surface area contributed by atoms with Crippen LogP contribution >= 0.6 is 43.2 Å². The topological polar surface area (TPSA) is 65.5 Å². The molecule has 1 unspecified atom stereocenters. The molecule has 148 valence electrons. The van der Waals surface area contributed by atoms with Crippen LogP contribution in [0.15, 0.2) is 32.1 Å². The number of hydrogen-bond donors (Lipinski definition) is 1. The number of Topliss-reactive ketones (excluding diaryl/α,β-unsaturated/α-hetero) is 1. The zero-order valence-electron chi connectivity index (χ0n) is 15.2. The first-order chi connectivity index (χ1) is 13.5. The minimum Gasteiger partial charge on any atom is -0.348 e. The third-order valence-corrected chi connectivity index (χ3v) is 7.75. The van der Waals surface area contributed by atoms with Crippen LogP contribution in [0, 0.1) is 0 Å². The van der Waals surface area contributed by atoms with Gasteiger partial charge in [-0.2, -0.15) is 0 Å². The van der Waals surface area contributed by atoms with Gasteiger partial charge in [0.05, 0.1) is 20.2 Å². The van der Waals surface area contributed by atoms with Crippen LogP contribution in [-0.4, -0.2) is 59.2 Å². The zero-order valence-corrected chi connectivity index (χ0v) is 19.1. The fourth-order valence-corrected chi connectivity index (χ4v) is 7.14. The van der Waals surface area contributed by atoms with E-state index in [2.05, 4.69) is 58.0 Å². The predicted octanol–water partition coefficient (Wildman–Crippen LogP) is 3.23. The third-order valence-electron chi connectivity index (χ3n) is 5.17. The number of ketones is 1. The molecule has 28 heavy (non-hydrogen) atoms. The molecule has 1 fully saturated rings. The predicted molar refractivity (Wildman–Crippen MR) is 116 cm³/mol. The number of nitrogens with zero attached hydrogens (tertiary/aromatic N) is 3. The maximum Gasteiger partial charge on any atom is 0.234 e. The van der Waals surface area contributed by atoms with Crippen LogP contribution in [0.4, 0.5) is 0 Å². The van der Waals surface area contributed by atoms with Gasteiger partial charge < -0.3 is 5.32 Å². The number of rotatable bonds is 5. The van der Waals surface area contributed by atoms with Gasteiger partial charge in [0.1, 0.15) is 0 Å². The number of hydrogen-bond acceptors (Lipinski definition) is 6. The summed E-state index contributed by atoms with van der Waals surface area (Å²) in [7, 11) is 0. The lowest BCUT2D eigenvalue weighted by Gasteiger charge is -2.34. The highest BCUT2D eigenvalue weighted by Gasteiger charge is 2.36. The summed E-state index contributed by atoms with van der Waals surface area (Å²) in [6.07, 6.45) is 4.02. The van der Waals surface area contributed by atoms with E-state index in [0.717, 1.165) is 45.9 Å². The van der Waals surface area contributed by atoms with E-state index in [4.69, 9.17) is 0 Å². The number of pyridine rings is 1. The van der Waals surface area contributed by atoms with Crippen molar-refractivity contribution < 1.29 is 9.59 Å². The molecule has 2 aromatic heterocycles. The molecule has 0 radical (unpaired) electrons. The lowest BCUT2D eigenvalue weighted by atomic mass is 10.2. The second kappa shape index (κ2) is 8.71. The maximum absolute atomic E-state index is 12.6. The largest absolute Gasteiger partial charge is 0.348 e. The Labute approximate surface area is 184 Å². The van der Waals surface area contributed by atoms with Gasteiger partial charge in [-0.1, -0.05) is 6.07 Å². The van der Waals surface area contributed by atoms with Crippen LogP contribution in [0.25, 0.3) is 0 Å². The van der Waals surface area contributed by atoms with Crippen LogP contribution in [0.1, 0.15) is 33.9 Å². The molecule has 1 amide bonds. The Morgan fingerprint density at radius 1 is 1.21 bits per heavy atom. The Kier molecular flexibility index (Phi) is 6.27. The van der Waals surface area contributed by atoms with Gasteiger partial charge in [0.15, 0.2) is 5.78 Å². The number of nitrogens with one attached hydrogen (secondary N) is 1. The van der Waals surface area contributed by atoms with Crippen molar-refractivity contribution in [2.75, 3.05) is 32.7 Å². The van der Waals surface area contributed by atoms with Crippen molar-refractivity contribution in [3.8, 4) is 0 Å². The van der Waals surface area contributed by atoms with Crippen molar-refractivity contribution in [3.05, 3.63) is 48.8 Å². The van der Waals surface area contributed by atoms with E-state index in [1.807, 2.05) is 12.3 Å². The monoisotopic (exact) mass is 526 g/mol. The Morgan fingerprint density at radius 3 is 2.68 bits per heavy atom. The third kappa shape index (κ3) is 4.38. The molecular formula is C19H20Br2N4O2S. The molecule has 0 saturated carbocycles. The van der Waals surface area contributed by atoms with Crippen molar-refractivity contribution >= 4 is 54.9 Å². The summed E-state index contributed by atoms with van der Waals surface area (Å²) < 4.78 is 1.75. The SMILES string of the molecule is O=C(CN1CCN(Cc2cccnc2)CC1)NC1CC(=O)c2c(Br)sc(Br)c21. The first-order valence-electron chi connectivity index (χ1n) is 9.15. The van der Waals surface area contributed by atoms with Crippen LogP contribution < -0.4 is 5.32 Å². The van der Waals surface area contributed by atoms with Gasteiger partial charge in [-0.25, -0.2) is 0 Å². The van der Waals surface area contributed by atoms with Gasteiger partial charge in [0.25, 0.3) is 0 Å². The van der Waals surface area contributed by atoms with Crippen molar-refractivity contribution in [3.63, 3.8) is 0 Å². The van der Waals surface area contributed by atoms with Crippen LogP contribution in [-0.2, 0) is 11.3 Å². The van der Waals surface area contributed by atoms with Crippen molar-refractivity contribution in [1.29, 1.82) is 0 Å². The van der Waals surface area contributed by atoms with Gasteiger partial charge in [-0.15, -0.1) is 11.3 Å². The van der Waals surface area contributed by atoms with E-state index < -0.39 is 0 Å². The molecule has 2 aliphatic rings. The molecule has 9 heteroatoms. The Hall–Kier alpha value is -1.13. The molecule has 1 aliphatic carbocycles. The Bertz CT molecular complexity index is 882. The van der Waals surface area contributed by atoms with Gasteiger partial charge in [0.2, 0.25) is 5.91 Å². The van der Waals surface area contributed by atoms with E-state index in [1.54, 1.807) is 6.20 Å². The summed E-state index contributed by atoms with van der Waals surface area (Å²) in [4.78, 5) is 33.5. The fourth-order valence-electron chi connectivity index (χ4n) is 3.77. The number of aromatic nitrogens is 1. The summed E-state index contributed by atoms with van der Waals surface area (Å²) in [5.41, 5.74) is 2.84. The summed E-state index contributed by atoms with van der Waals surface area (Å²) in [5.74, 6) is 0.0544. The Balaban J connectivity index is 1.27. The van der Waals surface area contributed by atoms with E-state index in [-0.39, 0.29) is 17.7 Å². The molecule has 1 N–H and O–H groups in total. The molecular weight excluding hydrogens is 508 g/mol. The first kappa shape index (κ1) is 20.2. The van der Waals surface area contributed by atoms with E-state index >= 15 is 0 Å². The smallest absolute Gasteiger partial charge is 0.234 e. The molecule has 1 saturated heterocycles. The molecule has 0 spiro atoms. The molecule has 2 aromatic rings. The quantitative estimate of drug-likeness (QED) is 0.646. The normalized spacial score (nSPS) is 20.4. The number of thiophene rings is 1. The summed E-state index contributed by atoms with van der Waals surface area (Å²) in [6.45, 7) is 4.83. The van der Waals surface area contributed by atoms with Gasteiger partial charge >= 0.3 is 0 Å². The highest BCUT2D eigenvalue weighted by Crippen LogP contribution is 2.46. The van der Waals surface area contributed by atoms with Gasteiger partial charge in [0, 0.05) is 62.7 Å². The van der Waals surface area contributed by atoms with Crippen molar-refractivity contribution in [1.82, 2.24) is 20.1 Å². The highest BCUT2D eigenvalue weighted by atomic mass is 79.9. The van der Waals surface area contributed by atoms with E-state index in [0.29, 0.717) is 18.5 Å². The average Bonchev–Trinajstić information content (AvgIpc) is 3.15. The number of amides is 1. The van der Waals surface area contributed by atoms with Crippen molar-refractivity contribution in [2.45, 2.75) is 19.0 Å². The van der Waals surface area contributed by atoms with E-state index in [9.17, 15) is 9.59 Å². The molecule has 4 rings (SSSR count). The van der Waals surface area contributed by atoms with Crippen LogP contribution in [0.2, 0.25) is 0 Å². The number of piperazine rings is 1. The molecule has 1 aliphatic heterocycles. The van der Waals surface area contributed by atoms with Crippen LogP contribution in [0.5, 0.6) is 0 Å². The minimum atomic E-state index is -0.237. The second-order valence-corrected chi connectivity index (χ2v) is 10.8. The van der Waals surface area contributed by atoms with Crippen molar-refractivity contribution in [2.24, 2.45) is 0 Å². The molecule has 6 nitrogen and oxygen atoms in total. The second-order valence-electron chi connectivity index (χ2n) is 7.10. The van der Waals surface area contributed by atoms with Gasteiger partial charge in [-0.05, 0) is 43.5 Å². The summed E-state index contributed by atoms with van der Waals surface area (Å²) >= 11 is 8.46. The summed E-state index contributed by atoms with van der Waals surface area (Å²) in [6, 6.07) is 3.81. The van der Waals surface area contributed by atoms with Crippen LogP contribution in [0.3, 0.4) is 0 Å². The number of carbonyl (C=O) groups excluding carboxylic acids is 2. The average molecular weight is 528 g/mol. The number of halogens is 2.